The van der Waals surface area contributed by atoms with Gasteiger partial charge in [0.15, 0.2) is 0 Å². The quantitative estimate of drug-likeness (QED) is 0.450. The smallest absolute Gasteiger partial charge is 0.344 e. The van der Waals surface area contributed by atoms with E-state index >= 15 is 0 Å². The molecule has 1 aromatic heterocycles. The highest BCUT2D eigenvalue weighted by atomic mass is 16.5. The maximum atomic E-state index is 13.1. The van der Waals surface area contributed by atoms with Crippen LogP contribution in [-0.2, 0) is 10.3 Å². The molecule has 1 aliphatic heterocycles. The lowest BCUT2D eigenvalue weighted by atomic mass is 9.92. The van der Waals surface area contributed by atoms with Crippen molar-refractivity contribution in [2.45, 2.75) is 12.5 Å². The molecule has 4 aromatic rings. The summed E-state index contributed by atoms with van der Waals surface area (Å²) in [7, 11) is 1.54. The predicted molar refractivity (Wildman–Crippen MR) is 124 cm³/mol. The van der Waals surface area contributed by atoms with Gasteiger partial charge in [-0.2, -0.15) is 5.01 Å². The van der Waals surface area contributed by atoms with Gasteiger partial charge in [0.2, 0.25) is 0 Å². The first-order valence-corrected chi connectivity index (χ1v) is 10.6. The highest BCUT2D eigenvalue weighted by Crippen LogP contribution is 2.29. The number of imide groups is 1. The van der Waals surface area contributed by atoms with Gasteiger partial charge in [-0.25, -0.2) is 9.78 Å². The van der Waals surface area contributed by atoms with Gasteiger partial charge in [-0.15, -0.1) is 0 Å². The summed E-state index contributed by atoms with van der Waals surface area (Å²) in [6, 6.07) is 20.6. The number of aromatic nitrogens is 2. The molecule has 34 heavy (non-hydrogen) atoms. The third kappa shape index (κ3) is 3.43. The number of hydrazine groups is 1. The largest absolute Gasteiger partial charge is 0.497 e. The SMILES string of the molecule is COc1ccc([C@@]2(C)NC(=O)N(NC(=O)c3ccc(-n4cnc5ccccc54)cc3)C2=O)cc1. The van der Waals surface area contributed by atoms with Crippen molar-refractivity contribution in [1.82, 2.24) is 25.3 Å². The molecule has 0 spiro atoms. The summed E-state index contributed by atoms with van der Waals surface area (Å²) in [6.45, 7) is 1.59. The topological polar surface area (TPSA) is 106 Å². The lowest BCUT2D eigenvalue weighted by Crippen LogP contribution is -2.47. The normalized spacial score (nSPS) is 17.6. The molecule has 0 unspecified atom stereocenters. The third-order valence-electron chi connectivity index (χ3n) is 5.93. The Labute approximate surface area is 194 Å². The Morgan fingerprint density at radius 2 is 1.71 bits per heavy atom. The Morgan fingerprint density at radius 3 is 2.41 bits per heavy atom. The molecule has 2 N–H and O–H groups in total. The van der Waals surface area contributed by atoms with Gasteiger partial charge >= 0.3 is 6.03 Å². The molecule has 1 atom stereocenters. The van der Waals surface area contributed by atoms with Crippen LogP contribution in [0.5, 0.6) is 5.75 Å². The standard InChI is InChI=1S/C25H21N5O4/c1-25(17-9-13-19(34-2)14-10-17)23(32)30(24(33)27-25)28-22(31)16-7-11-18(12-8-16)29-15-26-20-5-3-4-6-21(20)29/h3-15H,1-2H3,(H,27,33)(H,28,31)/t25-/m1/s1. The summed E-state index contributed by atoms with van der Waals surface area (Å²) >= 11 is 0. The molecule has 1 saturated heterocycles. The van der Waals surface area contributed by atoms with Crippen LogP contribution in [0.1, 0.15) is 22.8 Å². The Kier molecular flexibility index (Phi) is 5.01. The number of hydrogen-bond acceptors (Lipinski definition) is 5. The average molecular weight is 455 g/mol. The number of ether oxygens (including phenoxy) is 1. The molecule has 0 aliphatic carbocycles. The van der Waals surface area contributed by atoms with Crippen LogP contribution in [0.4, 0.5) is 4.79 Å². The number of nitrogens with one attached hydrogen (secondary N) is 2. The molecule has 1 fully saturated rings. The van der Waals surface area contributed by atoms with Crippen LogP contribution >= 0.6 is 0 Å². The molecule has 3 aromatic carbocycles. The predicted octanol–water partition coefficient (Wildman–Crippen LogP) is 3.15. The molecule has 0 saturated carbocycles. The first-order valence-electron chi connectivity index (χ1n) is 10.6. The summed E-state index contributed by atoms with van der Waals surface area (Å²) in [5.41, 5.74) is 4.60. The first kappa shape index (κ1) is 21.2. The summed E-state index contributed by atoms with van der Waals surface area (Å²) in [4.78, 5) is 42.8. The van der Waals surface area contributed by atoms with Crippen LogP contribution in [0, 0.1) is 0 Å². The van der Waals surface area contributed by atoms with Crippen LogP contribution in [0.25, 0.3) is 16.7 Å². The lowest BCUT2D eigenvalue weighted by Gasteiger charge is -2.22. The van der Waals surface area contributed by atoms with E-state index in [4.69, 9.17) is 4.74 Å². The second-order valence-corrected chi connectivity index (χ2v) is 8.02. The number of carbonyl (C=O) groups is 3. The van der Waals surface area contributed by atoms with E-state index < -0.39 is 23.4 Å². The van der Waals surface area contributed by atoms with Crippen molar-refractivity contribution in [3.05, 3.63) is 90.3 Å². The number of carbonyl (C=O) groups excluding carboxylic acids is 3. The minimum atomic E-state index is -1.32. The fraction of sp³-hybridized carbons (Fsp3) is 0.120. The van der Waals surface area contributed by atoms with E-state index in [0.717, 1.165) is 16.7 Å². The molecule has 9 nitrogen and oxygen atoms in total. The zero-order chi connectivity index (χ0) is 23.9. The van der Waals surface area contributed by atoms with Crippen molar-refractivity contribution in [2.24, 2.45) is 0 Å². The van der Waals surface area contributed by atoms with Crippen molar-refractivity contribution >= 4 is 28.9 Å². The molecule has 2 heterocycles. The Balaban J connectivity index is 1.33. The average Bonchev–Trinajstić information content (AvgIpc) is 3.39. The van der Waals surface area contributed by atoms with E-state index in [1.54, 1.807) is 68.9 Å². The fourth-order valence-corrected chi connectivity index (χ4v) is 3.97. The number of para-hydroxylation sites is 2. The zero-order valence-corrected chi connectivity index (χ0v) is 18.5. The van der Waals surface area contributed by atoms with Crippen LogP contribution in [0.3, 0.4) is 0 Å². The first-order chi connectivity index (χ1) is 16.4. The second kappa shape index (κ2) is 8.04. The Morgan fingerprint density at radius 1 is 1.00 bits per heavy atom. The molecular weight excluding hydrogens is 434 g/mol. The van der Waals surface area contributed by atoms with E-state index in [0.29, 0.717) is 21.9 Å². The number of rotatable bonds is 5. The molecule has 9 heteroatoms. The Hall–Kier alpha value is -4.66. The third-order valence-corrected chi connectivity index (χ3v) is 5.93. The minimum absolute atomic E-state index is 0.298. The van der Waals surface area contributed by atoms with Gasteiger partial charge in [0.25, 0.3) is 11.8 Å². The Bertz CT molecular complexity index is 1410. The number of fused-ring (bicyclic) bond motifs is 1. The molecular formula is C25H21N5O4. The number of urea groups is 1. The van der Waals surface area contributed by atoms with Crippen molar-refractivity contribution in [3.8, 4) is 11.4 Å². The fourth-order valence-electron chi connectivity index (χ4n) is 3.97. The number of nitrogens with zero attached hydrogens (tertiary/aromatic N) is 3. The summed E-state index contributed by atoms with van der Waals surface area (Å²) in [5, 5.41) is 3.37. The molecule has 0 bridgehead atoms. The minimum Gasteiger partial charge on any atom is -0.497 e. The van der Waals surface area contributed by atoms with Gasteiger partial charge in [-0.1, -0.05) is 24.3 Å². The molecule has 170 valence electrons. The van der Waals surface area contributed by atoms with Crippen molar-refractivity contribution in [3.63, 3.8) is 0 Å². The van der Waals surface area contributed by atoms with Gasteiger partial charge in [0.05, 0.1) is 18.1 Å². The maximum absolute atomic E-state index is 13.1. The van der Waals surface area contributed by atoms with Gasteiger partial charge < -0.3 is 10.1 Å². The van der Waals surface area contributed by atoms with Crippen molar-refractivity contribution in [1.29, 1.82) is 0 Å². The van der Waals surface area contributed by atoms with Crippen LogP contribution in [0.2, 0.25) is 0 Å². The van der Waals surface area contributed by atoms with Gasteiger partial charge in [0, 0.05) is 11.3 Å². The monoisotopic (exact) mass is 455 g/mol. The number of methoxy groups -OCH3 is 1. The number of hydrogen-bond donors (Lipinski definition) is 2. The van der Waals surface area contributed by atoms with Gasteiger partial charge in [-0.05, 0) is 61.0 Å². The second-order valence-electron chi connectivity index (χ2n) is 8.02. The summed E-state index contributed by atoms with van der Waals surface area (Å²) < 4.78 is 7.06. The van der Waals surface area contributed by atoms with E-state index in [2.05, 4.69) is 15.7 Å². The van der Waals surface area contributed by atoms with Crippen molar-refractivity contribution in [2.75, 3.05) is 7.11 Å². The molecule has 4 amide bonds. The van der Waals surface area contributed by atoms with Crippen LogP contribution in [-0.4, -0.2) is 39.5 Å². The van der Waals surface area contributed by atoms with E-state index in [9.17, 15) is 14.4 Å². The van der Waals surface area contributed by atoms with E-state index in [1.165, 1.54) is 0 Å². The number of amides is 4. The number of imidazole rings is 1. The van der Waals surface area contributed by atoms with Crippen LogP contribution < -0.4 is 15.5 Å². The lowest BCUT2D eigenvalue weighted by molar-refractivity contribution is -0.132. The zero-order valence-electron chi connectivity index (χ0n) is 18.5. The highest BCUT2D eigenvalue weighted by Gasteiger charge is 2.50. The molecule has 0 radical (unpaired) electrons. The summed E-state index contributed by atoms with van der Waals surface area (Å²) in [6.07, 6.45) is 1.72. The van der Waals surface area contributed by atoms with Crippen molar-refractivity contribution < 1.29 is 19.1 Å². The highest BCUT2D eigenvalue weighted by molar-refractivity contribution is 6.09. The number of benzene rings is 3. The molecule has 1 aliphatic rings. The van der Waals surface area contributed by atoms with Gasteiger partial charge in [0.1, 0.15) is 17.6 Å². The van der Waals surface area contributed by atoms with E-state index in [1.807, 2.05) is 28.8 Å². The maximum Gasteiger partial charge on any atom is 0.344 e. The summed E-state index contributed by atoms with van der Waals surface area (Å²) in [5.74, 6) is -0.538. The van der Waals surface area contributed by atoms with Gasteiger partial charge in [-0.3, -0.25) is 19.6 Å². The van der Waals surface area contributed by atoms with Crippen LogP contribution in [0.15, 0.2) is 79.1 Å². The van der Waals surface area contributed by atoms with E-state index in [-0.39, 0.29) is 0 Å². The molecule has 5 rings (SSSR count).